The molecule has 1 aliphatic rings. The van der Waals surface area contributed by atoms with Gasteiger partial charge in [-0.2, -0.15) is 0 Å². The van der Waals surface area contributed by atoms with Crippen LogP contribution in [-0.4, -0.2) is 29.7 Å². The summed E-state index contributed by atoms with van der Waals surface area (Å²) in [6.07, 6.45) is 2.50. The normalized spacial score (nSPS) is 19.9. The van der Waals surface area contributed by atoms with Crippen LogP contribution in [0.5, 0.6) is 0 Å². The van der Waals surface area contributed by atoms with Crippen molar-refractivity contribution in [2.75, 3.05) is 13.1 Å². The fourth-order valence-electron chi connectivity index (χ4n) is 2.64. The van der Waals surface area contributed by atoms with Crippen LogP contribution in [-0.2, 0) is 4.79 Å². The Balaban J connectivity index is 2.10. The Bertz CT molecular complexity index is 522. The average Bonchev–Trinajstić information content (AvgIpc) is 2.57. The fraction of sp³-hybridized carbons (Fsp3) is 0.529. The van der Waals surface area contributed by atoms with Gasteiger partial charge < -0.3 is 4.90 Å². The standard InChI is InChI=1S/C17H23NO2/c1-12-5-7-17(20)18(9-8-12)11-16(19)15-10-13(2)4-6-14(15)3/h4,6,10,12H,5,7-9,11H2,1-3H3. The molecule has 1 aliphatic heterocycles. The molecule has 0 aromatic heterocycles. The van der Waals surface area contributed by atoms with Gasteiger partial charge in [0.2, 0.25) is 5.91 Å². The van der Waals surface area contributed by atoms with Crippen molar-refractivity contribution in [2.24, 2.45) is 5.92 Å². The zero-order chi connectivity index (χ0) is 14.7. The van der Waals surface area contributed by atoms with E-state index in [-0.39, 0.29) is 18.2 Å². The second kappa shape index (κ2) is 6.21. The lowest BCUT2D eigenvalue weighted by molar-refractivity contribution is -0.130. The molecule has 0 radical (unpaired) electrons. The summed E-state index contributed by atoms with van der Waals surface area (Å²) in [5.41, 5.74) is 2.81. The second-order valence-corrected chi connectivity index (χ2v) is 5.99. The summed E-state index contributed by atoms with van der Waals surface area (Å²) in [6.45, 7) is 7.02. The summed E-state index contributed by atoms with van der Waals surface area (Å²) in [5.74, 6) is 0.738. The Kier molecular flexibility index (Phi) is 4.58. The van der Waals surface area contributed by atoms with Crippen LogP contribution in [0, 0.1) is 19.8 Å². The van der Waals surface area contributed by atoms with E-state index in [0.717, 1.165) is 29.5 Å². The van der Waals surface area contributed by atoms with Gasteiger partial charge in [0.05, 0.1) is 6.54 Å². The predicted molar refractivity (Wildman–Crippen MR) is 79.8 cm³/mol. The van der Waals surface area contributed by atoms with Crippen molar-refractivity contribution >= 4 is 11.7 Å². The fourth-order valence-corrected chi connectivity index (χ4v) is 2.64. The Morgan fingerprint density at radius 2 is 2.05 bits per heavy atom. The van der Waals surface area contributed by atoms with Crippen LogP contribution in [0.3, 0.4) is 0 Å². The monoisotopic (exact) mass is 273 g/mol. The van der Waals surface area contributed by atoms with Crippen LogP contribution >= 0.6 is 0 Å². The minimum atomic E-state index is 0.0501. The van der Waals surface area contributed by atoms with E-state index >= 15 is 0 Å². The van der Waals surface area contributed by atoms with Gasteiger partial charge >= 0.3 is 0 Å². The van der Waals surface area contributed by atoms with E-state index in [0.29, 0.717) is 18.9 Å². The van der Waals surface area contributed by atoms with E-state index < -0.39 is 0 Å². The Morgan fingerprint density at radius 1 is 1.30 bits per heavy atom. The van der Waals surface area contributed by atoms with E-state index in [1.54, 1.807) is 4.90 Å². The molecule has 0 spiro atoms. The highest BCUT2D eigenvalue weighted by molar-refractivity contribution is 6.00. The molecule has 0 N–H and O–H groups in total. The topological polar surface area (TPSA) is 37.4 Å². The van der Waals surface area contributed by atoms with Gasteiger partial charge in [0.15, 0.2) is 5.78 Å². The number of nitrogens with zero attached hydrogens (tertiary/aromatic N) is 1. The first-order valence-corrected chi connectivity index (χ1v) is 7.35. The summed E-state index contributed by atoms with van der Waals surface area (Å²) >= 11 is 0. The maximum atomic E-state index is 12.4. The van der Waals surface area contributed by atoms with Gasteiger partial charge in [-0.3, -0.25) is 9.59 Å². The highest BCUT2D eigenvalue weighted by Gasteiger charge is 2.23. The molecule has 1 amide bonds. The first kappa shape index (κ1) is 14.8. The molecule has 3 heteroatoms. The summed E-state index contributed by atoms with van der Waals surface area (Å²) in [7, 11) is 0. The van der Waals surface area contributed by atoms with Crippen LogP contribution in [0.15, 0.2) is 18.2 Å². The number of amides is 1. The summed E-state index contributed by atoms with van der Waals surface area (Å²) in [5, 5.41) is 0. The molecule has 3 nitrogen and oxygen atoms in total. The number of hydrogen-bond donors (Lipinski definition) is 0. The van der Waals surface area contributed by atoms with Crippen LogP contribution < -0.4 is 0 Å². The zero-order valence-electron chi connectivity index (χ0n) is 12.6. The molecular weight excluding hydrogens is 250 g/mol. The van der Waals surface area contributed by atoms with E-state index in [4.69, 9.17) is 0 Å². The Hall–Kier alpha value is -1.64. The third-order valence-electron chi connectivity index (χ3n) is 4.12. The van der Waals surface area contributed by atoms with Crippen LogP contribution in [0.4, 0.5) is 0 Å². The van der Waals surface area contributed by atoms with Crippen molar-refractivity contribution in [1.82, 2.24) is 4.90 Å². The van der Waals surface area contributed by atoms with Crippen LogP contribution in [0.1, 0.15) is 47.7 Å². The number of ketones is 1. The Morgan fingerprint density at radius 3 is 2.80 bits per heavy atom. The maximum Gasteiger partial charge on any atom is 0.222 e. The number of benzene rings is 1. The van der Waals surface area contributed by atoms with Crippen molar-refractivity contribution in [3.8, 4) is 0 Å². The lowest BCUT2D eigenvalue weighted by Gasteiger charge is -2.20. The van der Waals surface area contributed by atoms with Crippen molar-refractivity contribution in [3.63, 3.8) is 0 Å². The molecule has 1 atom stereocenters. The number of carbonyl (C=O) groups excluding carboxylic acids is 2. The number of Topliss-reactive ketones (excluding diaryl/α,β-unsaturated/α-hetero) is 1. The van der Waals surface area contributed by atoms with E-state index in [9.17, 15) is 9.59 Å². The molecule has 1 aromatic rings. The summed E-state index contributed by atoms with van der Waals surface area (Å²) < 4.78 is 0. The Labute approximate surface area is 121 Å². The quantitative estimate of drug-likeness (QED) is 0.793. The van der Waals surface area contributed by atoms with Crippen molar-refractivity contribution in [1.29, 1.82) is 0 Å². The van der Waals surface area contributed by atoms with Gasteiger partial charge in [0.1, 0.15) is 0 Å². The first-order valence-electron chi connectivity index (χ1n) is 7.35. The third-order valence-corrected chi connectivity index (χ3v) is 4.12. The molecule has 0 aliphatic carbocycles. The van der Waals surface area contributed by atoms with Crippen molar-refractivity contribution in [2.45, 2.75) is 40.0 Å². The third kappa shape index (κ3) is 3.47. The molecule has 108 valence electrons. The molecular formula is C17H23NO2. The molecule has 1 saturated heterocycles. The van der Waals surface area contributed by atoms with Gasteiger partial charge in [-0.25, -0.2) is 0 Å². The largest absolute Gasteiger partial charge is 0.335 e. The smallest absolute Gasteiger partial charge is 0.222 e. The molecule has 20 heavy (non-hydrogen) atoms. The van der Waals surface area contributed by atoms with Crippen LogP contribution in [0.25, 0.3) is 0 Å². The van der Waals surface area contributed by atoms with E-state index in [2.05, 4.69) is 6.92 Å². The van der Waals surface area contributed by atoms with E-state index in [1.165, 1.54) is 0 Å². The SMILES string of the molecule is Cc1ccc(C)c(C(=O)CN2CCC(C)CCC2=O)c1. The number of aryl methyl sites for hydroxylation is 2. The van der Waals surface area contributed by atoms with Gasteiger partial charge in [-0.1, -0.05) is 24.6 Å². The summed E-state index contributed by atoms with van der Waals surface area (Å²) in [4.78, 5) is 26.2. The molecule has 1 fully saturated rings. The molecule has 1 aromatic carbocycles. The van der Waals surface area contributed by atoms with Crippen molar-refractivity contribution in [3.05, 3.63) is 34.9 Å². The highest BCUT2D eigenvalue weighted by atomic mass is 16.2. The summed E-state index contributed by atoms with van der Waals surface area (Å²) in [6, 6.07) is 5.89. The second-order valence-electron chi connectivity index (χ2n) is 5.99. The molecule has 0 saturated carbocycles. The van der Waals surface area contributed by atoms with Crippen molar-refractivity contribution < 1.29 is 9.59 Å². The van der Waals surface area contributed by atoms with Gasteiger partial charge in [0, 0.05) is 18.5 Å². The first-order chi connectivity index (χ1) is 9.47. The average molecular weight is 273 g/mol. The van der Waals surface area contributed by atoms with Crippen LogP contribution in [0.2, 0.25) is 0 Å². The molecule has 2 rings (SSSR count). The maximum absolute atomic E-state index is 12.4. The number of hydrogen-bond acceptors (Lipinski definition) is 2. The predicted octanol–water partition coefficient (Wildman–Crippen LogP) is 3.13. The zero-order valence-corrected chi connectivity index (χ0v) is 12.6. The number of likely N-dealkylation sites (tertiary alicyclic amines) is 1. The van der Waals surface area contributed by atoms with Gasteiger partial charge in [0.25, 0.3) is 0 Å². The number of rotatable bonds is 3. The lowest BCUT2D eigenvalue weighted by Crippen LogP contribution is -2.35. The van der Waals surface area contributed by atoms with Gasteiger partial charge in [-0.15, -0.1) is 0 Å². The lowest BCUT2D eigenvalue weighted by atomic mass is 10.0. The van der Waals surface area contributed by atoms with Gasteiger partial charge in [-0.05, 0) is 44.2 Å². The molecule has 1 unspecified atom stereocenters. The highest BCUT2D eigenvalue weighted by Crippen LogP contribution is 2.18. The minimum Gasteiger partial charge on any atom is -0.335 e. The number of carbonyl (C=O) groups is 2. The molecule has 1 heterocycles. The minimum absolute atomic E-state index is 0.0501. The van der Waals surface area contributed by atoms with E-state index in [1.807, 2.05) is 32.0 Å². The molecule has 0 bridgehead atoms.